The summed E-state index contributed by atoms with van der Waals surface area (Å²) in [4.78, 5) is 44.1. The second-order valence-corrected chi connectivity index (χ2v) is 9.30. The van der Waals surface area contributed by atoms with E-state index < -0.39 is 16.9 Å². The SMILES string of the molecule is Cc1ccc2c(Cn3c(=O)c4c(ncn4CC(C)C)n(Cc4ccccc4)c3=O)cc(=O)oc2c1. The molecule has 0 aliphatic rings. The fourth-order valence-corrected chi connectivity index (χ4v) is 4.46. The quantitative estimate of drug-likeness (QED) is 0.354. The van der Waals surface area contributed by atoms with Gasteiger partial charge in [-0.1, -0.05) is 56.3 Å². The summed E-state index contributed by atoms with van der Waals surface area (Å²) >= 11 is 0. The number of fused-ring (bicyclic) bond motifs is 2. The Labute approximate surface area is 200 Å². The Morgan fingerprint density at radius 3 is 2.46 bits per heavy atom. The van der Waals surface area contributed by atoms with Gasteiger partial charge in [0.05, 0.1) is 19.4 Å². The molecule has 0 aliphatic carbocycles. The lowest BCUT2D eigenvalue weighted by Crippen LogP contribution is -2.41. The highest BCUT2D eigenvalue weighted by Gasteiger charge is 2.20. The van der Waals surface area contributed by atoms with E-state index in [1.54, 1.807) is 17.0 Å². The predicted octanol–water partition coefficient (Wildman–Crippen LogP) is 3.53. The maximum absolute atomic E-state index is 13.7. The smallest absolute Gasteiger partial charge is 0.336 e. The number of nitrogens with zero attached hydrogens (tertiary/aromatic N) is 4. The fraction of sp³-hybridized carbons (Fsp3) is 0.259. The number of hydrogen-bond donors (Lipinski definition) is 0. The minimum Gasteiger partial charge on any atom is -0.423 e. The van der Waals surface area contributed by atoms with Gasteiger partial charge in [-0.15, -0.1) is 0 Å². The summed E-state index contributed by atoms with van der Waals surface area (Å²) in [5.74, 6) is 0.278. The van der Waals surface area contributed by atoms with E-state index in [9.17, 15) is 14.4 Å². The van der Waals surface area contributed by atoms with Crippen molar-refractivity contribution in [1.82, 2.24) is 18.7 Å². The lowest BCUT2D eigenvalue weighted by atomic mass is 10.1. The normalized spacial score (nSPS) is 11.7. The van der Waals surface area contributed by atoms with Gasteiger partial charge >= 0.3 is 11.3 Å². The molecule has 8 heteroatoms. The van der Waals surface area contributed by atoms with E-state index in [1.165, 1.54) is 15.2 Å². The first-order valence-corrected chi connectivity index (χ1v) is 11.6. The number of rotatable bonds is 6. The average molecular weight is 471 g/mol. The molecule has 0 unspecified atom stereocenters. The number of hydrogen-bond acceptors (Lipinski definition) is 5. The third-order valence-corrected chi connectivity index (χ3v) is 6.04. The van der Waals surface area contributed by atoms with Gasteiger partial charge < -0.3 is 8.98 Å². The molecule has 0 N–H and O–H groups in total. The van der Waals surface area contributed by atoms with Crippen molar-refractivity contribution in [2.24, 2.45) is 5.92 Å². The molecule has 3 aromatic heterocycles. The van der Waals surface area contributed by atoms with Gasteiger partial charge in [-0.3, -0.25) is 13.9 Å². The van der Waals surface area contributed by atoms with Crippen molar-refractivity contribution in [2.45, 2.75) is 40.4 Å². The molecule has 2 aromatic carbocycles. The van der Waals surface area contributed by atoms with Crippen LogP contribution in [0.25, 0.3) is 22.1 Å². The van der Waals surface area contributed by atoms with Crippen molar-refractivity contribution < 1.29 is 4.42 Å². The number of aryl methyl sites for hydroxylation is 1. The summed E-state index contributed by atoms with van der Waals surface area (Å²) in [5.41, 5.74) is 2.13. The highest BCUT2D eigenvalue weighted by atomic mass is 16.4. The summed E-state index contributed by atoms with van der Waals surface area (Å²) in [6.45, 7) is 6.82. The molecule has 8 nitrogen and oxygen atoms in total. The lowest BCUT2D eigenvalue weighted by Gasteiger charge is -2.14. The number of aromatic nitrogens is 4. The molecular formula is C27H26N4O4. The minimum atomic E-state index is -0.526. The molecule has 0 fully saturated rings. The Bertz CT molecular complexity index is 1720. The average Bonchev–Trinajstić information content (AvgIpc) is 3.22. The summed E-state index contributed by atoms with van der Waals surface area (Å²) < 4.78 is 9.89. The maximum Gasteiger partial charge on any atom is 0.336 e. The van der Waals surface area contributed by atoms with Gasteiger partial charge in [-0.05, 0) is 35.6 Å². The second kappa shape index (κ2) is 8.87. The largest absolute Gasteiger partial charge is 0.423 e. The lowest BCUT2D eigenvalue weighted by molar-refractivity contribution is 0.529. The van der Waals surface area contributed by atoms with Crippen LogP contribution in [0.5, 0.6) is 0 Å². The van der Waals surface area contributed by atoms with E-state index in [1.807, 2.05) is 49.4 Å². The van der Waals surface area contributed by atoms with Crippen LogP contribution in [0.3, 0.4) is 0 Å². The Morgan fingerprint density at radius 2 is 1.71 bits per heavy atom. The first-order valence-electron chi connectivity index (χ1n) is 11.6. The van der Waals surface area contributed by atoms with E-state index in [0.29, 0.717) is 34.2 Å². The first kappa shape index (κ1) is 22.6. The van der Waals surface area contributed by atoms with E-state index >= 15 is 0 Å². The molecule has 0 bridgehead atoms. The maximum atomic E-state index is 13.7. The molecule has 178 valence electrons. The zero-order valence-corrected chi connectivity index (χ0v) is 19.9. The van der Waals surface area contributed by atoms with Crippen molar-refractivity contribution in [3.8, 4) is 0 Å². The van der Waals surface area contributed by atoms with Crippen molar-refractivity contribution in [1.29, 1.82) is 0 Å². The van der Waals surface area contributed by atoms with Gasteiger partial charge in [-0.25, -0.2) is 14.6 Å². The predicted molar refractivity (Wildman–Crippen MR) is 135 cm³/mol. The zero-order chi connectivity index (χ0) is 24.7. The Balaban J connectivity index is 1.75. The molecule has 0 aliphatic heterocycles. The van der Waals surface area contributed by atoms with Crippen LogP contribution in [-0.4, -0.2) is 18.7 Å². The van der Waals surface area contributed by atoms with E-state index in [0.717, 1.165) is 11.1 Å². The standard InChI is InChI=1S/C27H26N4O4/c1-17(2)13-29-16-28-25-24(29)26(33)31(27(34)30(25)14-19-7-5-4-6-8-19)15-20-12-23(32)35-22-11-18(3)9-10-21(20)22/h4-12,16-17H,13-15H2,1-3H3. The van der Waals surface area contributed by atoms with Crippen molar-refractivity contribution in [3.63, 3.8) is 0 Å². The molecule has 0 amide bonds. The van der Waals surface area contributed by atoms with E-state index in [2.05, 4.69) is 18.8 Å². The van der Waals surface area contributed by atoms with Crippen molar-refractivity contribution in [3.05, 3.63) is 109 Å². The van der Waals surface area contributed by atoms with Gasteiger partial charge in [0.25, 0.3) is 5.56 Å². The number of imidazole rings is 1. The van der Waals surface area contributed by atoms with Crippen LogP contribution in [0, 0.1) is 12.8 Å². The van der Waals surface area contributed by atoms with Crippen LogP contribution in [0.1, 0.15) is 30.5 Å². The van der Waals surface area contributed by atoms with Crippen LogP contribution in [-0.2, 0) is 19.6 Å². The zero-order valence-electron chi connectivity index (χ0n) is 19.9. The summed E-state index contributed by atoms with van der Waals surface area (Å²) in [5, 5.41) is 0.687. The van der Waals surface area contributed by atoms with Crippen molar-refractivity contribution >= 4 is 22.1 Å². The van der Waals surface area contributed by atoms with Gasteiger partial charge in [-0.2, -0.15) is 0 Å². The molecule has 0 saturated carbocycles. The van der Waals surface area contributed by atoms with Crippen LogP contribution in [0.2, 0.25) is 0 Å². The molecular weight excluding hydrogens is 444 g/mol. The molecule has 5 aromatic rings. The Hall–Kier alpha value is -4.20. The molecule has 35 heavy (non-hydrogen) atoms. The fourth-order valence-electron chi connectivity index (χ4n) is 4.46. The van der Waals surface area contributed by atoms with Crippen LogP contribution in [0.4, 0.5) is 0 Å². The van der Waals surface area contributed by atoms with Gasteiger partial charge in [0.1, 0.15) is 5.58 Å². The van der Waals surface area contributed by atoms with Crippen LogP contribution < -0.4 is 16.9 Å². The highest BCUT2D eigenvalue weighted by molar-refractivity contribution is 5.81. The molecule has 0 atom stereocenters. The van der Waals surface area contributed by atoms with Crippen molar-refractivity contribution in [2.75, 3.05) is 0 Å². The third-order valence-electron chi connectivity index (χ3n) is 6.04. The Morgan fingerprint density at radius 1 is 0.943 bits per heavy atom. The monoisotopic (exact) mass is 470 g/mol. The Kier molecular flexibility index (Phi) is 5.72. The molecule has 5 rings (SSSR count). The number of benzene rings is 2. The molecule has 0 saturated heterocycles. The van der Waals surface area contributed by atoms with E-state index in [4.69, 9.17) is 4.42 Å². The molecule has 0 spiro atoms. The van der Waals surface area contributed by atoms with Gasteiger partial charge in [0.15, 0.2) is 11.2 Å². The minimum absolute atomic E-state index is 0.0551. The van der Waals surface area contributed by atoms with Crippen LogP contribution in [0.15, 0.2) is 79.7 Å². The summed E-state index contributed by atoms with van der Waals surface area (Å²) in [6.07, 6.45) is 1.62. The topological polar surface area (TPSA) is 92.0 Å². The first-order chi connectivity index (χ1) is 16.8. The highest BCUT2D eigenvalue weighted by Crippen LogP contribution is 2.19. The van der Waals surface area contributed by atoms with Crippen LogP contribution >= 0.6 is 0 Å². The second-order valence-electron chi connectivity index (χ2n) is 9.30. The molecule has 0 radical (unpaired) electrons. The van der Waals surface area contributed by atoms with Gasteiger partial charge in [0.2, 0.25) is 0 Å². The molecule has 3 heterocycles. The summed E-state index contributed by atoms with van der Waals surface area (Å²) in [6, 6.07) is 16.5. The van der Waals surface area contributed by atoms with E-state index in [-0.39, 0.29) is 19.0 Å². The summed E-state index contributed by atoms with van der Waals surface area (Å²) in [7, 11) is 0. The third kappa shape index (κ3) is 4.23. The van der Waals surface area contributed by atoms with Gasteiger partial charge in [0, 0.05) is 18.0 Å².